The van der Waals surface area contributed by atoms with Crippen LogP contribution < -0.4 is 0 Å². The van der Waals surface area contributed by atoms with Gasteiger partial charge in [0.15, 0.2) is 0 Å². The van der Waals surface area contributed by atoms with E-state index in [1.54, 1.807) is 4.90 Å². The molecule has 3 rings (SSSR count). The molecule has 0 N–H and O–H groups in total. The van der Waals surface area contributed by atoms with E-state index in [1.165, 1.54) is 0 Å². The highest BCUT2D eigenvalue weighted by atomic mass is 19.1. The Morgan fingerprint density at radius 1 is 1.30 bits per heavy atom. The molecule has 2 aliphatic rings. The molecule has 1 aromatic heterocycles. The van der Waals surface area contributed by atoms with Gasteiger partial charge in [-0.2, -0.15) is 5.10 Å². The fourth-order valence-electron chi connectivity index (χ4n) is 3.81. The van der Waals surface area contributed by atoms with Gasteiger partial charge in [-0.05, 0) is 46.1 Å². The lowest BCUT2D eigenvalue weighted by molar-refractivity contribution is -0.147. The third-order valence-corrected chi connectivity index (χ3v) is 5.20. The Morgan fingerprint density at radius 3 is 2.70 bits per heavy atom. The molecule has 0 aliphatic carbocycles. The predicted octanol–water partition coefficient (Wildman–Crippen LogP) is 2.14. The monoisotopic (exact) mass is 322 g/mol. The summed E-state index contributed by atoms with van der Waals surface area (Å²) in [5.41, 5.74) is 0.551. The number of likely N-dealkylation sites (tertiary alicyclic amines) is 2. The van der Waals surface area contributed by atoms with E-state index < -0.39 is 5.67 Å². The topological polar surface area (TPSA) is 41.4 Å². The number of halogens is 1. The Hall–Kier alpha value is -1.43. The van der Waals surface area contributed by atoms with Gasteiger partial charge in [-0.3, -0.25) is 14.4 Å². The second kappa shape index (κ2) is 6.59. The van der Waals surface area contributed by atoms with Crippen LogP contribution in [0.15, 0.2) is 6.20 Å². The third kappa shape index (κ3) is 3.27. The Balaban J connectivity index is 1.67. The average Bonchev–Trinajstić information content (AvgIpc) is 3.18. The molecule has 3 heterocycles. The van der Waals surface area contributed by atoms with Crippen molar-refractivity contribution in [3.05, 3.63) is 17.5 Å². The van der Waals surface area contributed by atoms with Gasteiger partial charge in [-0.25, -0.2) is 4.39 Å². The average molecular weight is 322 g/mol. The highest BCUT2D eigenvalue weighted by molar-refractivity contribution is 5.85. The number of rotatable bonds is 4. The van der Waals surface area contributed by atoms with E-state index in [0.29, 0.717) is 26.1 Å². The number of amides is 1. The van der Waals surface area contributed by atoms with Crippen molar-refractivity contribution in [3.8, 4) is 0 Å². The smallest absolute Gasteiger partial charge is 0.261 e. The number of aromatic nitrogens is 2. The molecule has 23 heavy (non-hydrogen) atoms. The summed E-state index contributed by atoms with van der Waals surface area (Å²) in [5, 5.41) is 4.36. The summed E-state index contributed by atoms with van der Waals surface area (Å²) < 4.78 is 17.2. The number of carbonyl (C=O) groups excluding carboxylic acids is 1. The number of aryl methyl sites for hydroxylation is 1. The van der Waals surface area contributed by atoms with Gasteiger partial charge in [0.1, 0.15) is 0 Å². The Bertz CT molecular complexity index is 567. The summed E-state index contributed by atoms with van der Waals surface area (Å²) in [7, 11) is 0. The van der Waals surface area contributed by atoms with Crippen molar-refractivity contribution in [2.45, 2.75) is 58.3 Å². The van der Waals surface area contributed by atoms with Gasteiger partial charge in [-0.1, -0.05) is 0 Å². The first kappa shape index (κ1) is 16.4. The lowest BCUT2D eigenvalue weighted by Crippen LogP contribution is -2.54. The molecule has 2 saturated heterocycles. The van der Waals surface area contributed by atoms with Crippen LogP contribution in [0.5, 0.6) is 0 Å². The molecular weight excluding hydrogens is 295 g/mol. The highest BCUT2D eigenvalue weighted by Gasteiger charge is 2.45. The third-order valence-electron chi connectivity index (χ3n) is 5.20. The minimum absolute atomic E-state index is 0.207. The number of alkyl halides is 1. The summed E-state index contributed by atoms with van der Waals surface area (Å²) in [6, 6.07) is 0. The van der Waals surface area contributed by atoms with Gasteiger partial charge in [0.05, 0.1) is 6.20 Å². The molecule has 1 atom stereocenters. The molecule has 0 bridgehead atoms. The maximum Gasteiger partial charge on any atom is 0.261 e. The highest BCUT2D eigenvalue weighted by Crippen LogP contribution is 2.30. The van der Waals surface area contributed by atoms with Crippen LogP contribution in [0, 0.1) is 6.92 Å². The first-order valence-electron chi connectivity index (χ1n) is 8.75. The van der Waals surface area contributed by atoms with E-state index >= 15 is 4.39 Å². The van der Waals surface area contributed by atoms with Crippen LogP contribution in [0.4, 0.5) is 4.39 Å². The number of hydrogen-bond acceptors (Lipinski definition) is 3. The molecule has 0 radical (unpaired) electrons. The van der Waals surface area contributed by atoms with Gasteiger partial charge in [-0.15, -0.1) is 0 Å². The van der Waals surface area contributed by atoms with Crippen molar-refractivity contribution in [1.29, 1.82) is 0 Å². The zero-order valence-electron chi connectivity index (χ0n) is 14.2. The number of nitrogens with zero attached hydrogens (tertiary/aromatic N) is 4. The maximum atomic E-state index is 15.3. The van der Waals surface area contributed by atoms with E-state index in [4.69, 9.17) is 0 Å². The minimum Gasteiger partial charge on any atom is -0.340 e. The molecule has 6 heteroatoms. The number of hydrogen-bond donors (Lipinski definition) is 0. The van der Waals surface area contributed by atoms with Crippen molar-refractivity contribution in [2.75, 3.05) is 26.2 Å². The fourth-order valence-corrected chi connectivity index (χ4v) is 3.81. The van der Waals surface area contributed by atoms with Crippen LogP contribution in [-0.4, -0.2) is 57.3 Å². The van der Waals surface area contributed by atoms with E-state index in [2.05, 4.69) is 16.9 Å². The molecule has 0 aromatic carbocycles. The molecule has 1 aromatic rings. The second-order valence-corrected chi connectivity index (χ2v) is 6.85. The van der Waals surface area contributed by atoms with Crippen molar-refractivity contribution in [2.24, 2.45) is 0 Å². The Morgan fingerprint density at radius 2 is 2.04 bits per heavy atom. The number of carbonyl (C=O) groups is 1. The molecular formula is C17H27FN4O. The lowest BCUT2D eigenvalue weighted by atomic mass is 9.92. The van der Waals surface area contributed by atoms with Crippen LogP contribution >= 0.6 is 0 Å². The van der Waals surface area contributed by atoms with E-state index in [1.807, 2.05) is 17.8 Å². The second-order valence-electron chi connectivity index (χ2n) is 6.85. The van der Waals surface area contributed by atoms with Gasteiger partial charge in [0, 0.05) is 44.0 Å². The van der Waals surface area contributed by atoms with Crippen LogP contribution in [0.3, 0.4) is 0 Å². The van der Waals surface area contributed by atoms with E-state index in [9.17, 15) is 4.79 Å². The van der Waals surface area contributed by atoms with E-state index in [-0.39, 0.29) is 12.5 Å². The molecule has 0 spiro atoms. The summed E-state index contributed by atoms with van der Waals surface area (Å²) in [4.78, 5) is 16.3. The molecule has 1 amide bonds. The fraction of sp³-hybridized carbons (Fsp3) is 0.765. The summed E-state index contributed by atoms with van der Waals surface area (Å²) in [6.07, 6.45) is 4.96. The predicted molar refractivity (Wildman–Crippen MR) is 86.8 cm³/mol. The van der Waals surface area contributed by atoms with Crippen LogP contribution in [-0.2, 0) is 17.9 Å². The van der Waals surface area contributed by atoms with Crippen molar-refractivity contribution in [3.63, 3.8) is 0 Å². The summed E-state index contributed by atoms with van der Waals surface area (Å²) in [5.74, 6) is -0.291. The zero-order valence-corrected chi connectivity index (χ0v) is 14.2. The van der Waals surface area contributed by atoms with E-state index in [0.717, 1.165) is 43.6 Å². The molecule has 5 nitrogen and oxygen atoms in total. The molecule has 2 fully saturated rings. The molecule has 1 unspecified atom stereocenters. The van der Waals surface area contributed by atoms with Crippen molar-refractivity contribution >= 4 is 5.91 Å². The van der Waals surface area contributed by atoms with Gasteiger partial charge in [0.2, 0.25) is 5.67 Å². The summed E-state index contributed by atoms with van der Waals surface area (Å²) >= 11 is 0. The largest absolute Gasteiger partial charge is 0.340 e. The van der Waals surface area contributed by atoms with Crippen LogP contribution in [0.1, 0.15) is 43.9 Å². The first-order chi connectivity index (χ1) is 11.0. The van der Waals surface area contributed by atoms with Crippen molar-refractivity contribution in [1.82, 2.24) is 19.6 Å². The Kier molecular flexibility index (Phi) is 4.71. The van der Waals surface area contributed by atoms with Crippen LogP contribution in [0.25, 0.3) is 0 Å². The minimum atomic E-state index is -1.71. The SMILES string of the molecule is CCn1ncc(CN2CCCC(F)(C(=O)N3CCCC3)C2)c1C. The molecule has 0 saturated carbocycles. The lowest BCUT2D eigenvalue weighted by Gasteiger charge is -2.38. The van der Waals surface area contributed by atoms with Gasteiger partial charge >= 0.3 is 0 Å². The molecule has 2 aliphatic heterocycles. The van der Waals surface area contributed by atoms with Crippen molar-refractivity contribution < 1.29 is 9.18 Å². The standard InChI is InChI=1S/C17H27FN4O/c1-3-22-14(2)15(11-19-22)12-20-8-6-7-17(18,13-20)16(23)21-9-4-5-10-21/h11H,3-10,12-13H2,1-2H3. The first-order valence-corrected chi connectivity index (χ1v) is 8.75. The quantitative estimate of drug-likeness (QED) is 0.853. The normalized spacial score (nSPS) is 26.0. The Labute approximate surface area is 137 Å². The van der Waals surface area contributed by atoms with Gasteiger partial charge in [0.25, 0.3) is 5.91 Å². The maximum absolute atomic E-state index is 15.3. The van der Waals surface area contributed by atoms with Gasteiger partial charge < -0.3 is 4.90 Å². The number of piperidine rings is 1. The van der Waals surface area contributed by atoms with Crippen LogP contribution in [0.2, 0.25) is 0 Å². The summed E-state index contributed by atoms with van der Waals surface area (Å²) in [6.45, 7) is 8.10. The molecule has 128 valence electrons. The zero-order chi connectivity index (χ0) is 16.4.